The standard InChI is InChI=1S/C23H25N5O2S/c29-22-18-15-27(14-17-6-4-12-31-17)11-8-19(18)25-21(26-22)16-5-3-10-28(13-16)23(30)20-7-1-2-9-24-20/h1-2,4,6-7,9,12,16H,3,5,8,10-11,13-15H2,(H,25,26,29). The number of piperidine rings is 1. The minimum atomic E-state index is -0.0603. The number of carbonyl (C=O) groups excluding carboxylic acids is 1. The largest absolute Gasteiger partial charge is 0.337 e. The van der Waals surface area contributed by atoms with Crippen molar-refractivity contribution in [1.82, 2.24) is 24.8 Å². The van der Waals surface area contributed by atoms with Gasteiger partial charge in [0.25, 0.3) is 11.5 Å². The molecule has 31 heavy (non-hydrogen) atoms. The van der Waals surface area contributed by atoms with Crippen molar-refractivity contribution in [2.75, 3.05) is 19.6 Å². The van der Waals surface area contributed by atoms with E-state index < -0.39 is 0 Å². The molecule has 2 aliphatic heterocycles. The molecule has 160 valence electrons. The first-order valence-corrected chi connectivity index (χ1v) is 11.6. The number of carbonyl (C=O) groups is 1. The number of nitrogens with one attached hydrogen (secondary N) is 1. The Labute approximate surface area is 184 Å². The third-order valence-corrected chi connectivity index (χ3v) is 6.97. The minimum Gasteiger partial charge on any atom is -0.337 e. The van der Waals surface area contributed by atoms with Crippen molar-refractivity contribution in [3.8, 4) is 0 Å². The lowest BCUT2D eigenvalue weighted by molar-refractivity contribution is 0.0698. The summed E-state index contributed by atoms with van der Waals surface area (Å²) in [5.41, 5.74) is 2.11. The number of likely N-dealkylation sites (tertiary alicyclic amines) is 1. The van der Waals surface area contributed by atoms with E-state index in [1.54, 1.807) is 29.7 Å². The fourth-order valence-corrected chi connectivity index (χ4v) is 5.23. The van der Waals surface area contributed by atoms with Crippen molar-refractivity contribution in [1.29, 1.82) is 0 Å². The van der Waals surface area contributed by atoms with E-state index in [2.05, 4.69) is 32.4 Å². The molecule has 0 radical (unpaired) electrons. The summed E-state index contributed by atoms with van der Waals surface area (Å²) >= 11 is 1.74. The molecule has 1 fully saturated rings. The molecule has 1 amide bonds. The normalized spacial score (nSPS) is 19.2. The fraction of sp³-hybridized carbons (Fsp3) is 0.391. The number of nitrogens with zero attached hydrogens (tertiary/aromatic N) is 4. The van der Waals surface area contributed by atoms with Crippen LogP contribution in [0.3, 0.4) is 0 Å². The Morgan fingerprint density at radius 3 is 2.97 bits per heavy atom. The third-order valence-electron chi connectivity index (χ3n) is 6.10. The van der Waals surface area contributed by atoms with Crippen molar-refractivity contribution in [2.45, 2.75) is 38.3 Å². The molecular formula is C23H25N5O2S. The molecule has 5 heterocycles. The number of hydrogen-bond donors (Lipinski definition) is 1. The van der Waals surface area contributed by atoms with Crippen LogP contribution >= 0.6 is 11.3 Å². The first-order valence-electron chi connectivity index (χ1n) is 10.7. The number of thiophene rings is 1. The molecule has 0 saturated carbocycles. The second kappa shape index (κ2) is 8.72. The van der Waals surface area contributed by atoms with Crippen LogP contribution < -0.4 is 5.56 Å². The highest BCUT2D eigenvalue weighted by Gasteiger charge is 2.29. The van der Waals surface area contributed by atoms with Crippen molar-refractivity contribution in [2.24, 2.45) is 0 Å². The molecule has 0 aromatic carbocycles. The van der Waals surface area contributed by atoms with Crippen molar-refractivity contribution in [3.05, 3.63) is 79.9 Å². The molecule has 0 bridgehead atoms. The number of aromatic nitrogens is 3. The monoisotopic (exact) mass is 435 g/mol. The van der Waals surface area contributed by atoms with Gasteiger partial charge in [-0.2, -0.15) is 0 Å². The van der Waals surface area contributed by atoms with Crippen LogP contribution in [0.1, 0.15) is 51.2 Å². The first-order chi connectivity index (χ1) is 15.2. The number of amides is 1. The van der Waals surface area contributed by atoms with E-state index >= 15 is 0 Å². The summed E-state index contributed by atoms with van der Waals surface area (Å²) < 4.78 is 0. The third kappa shape index (κ3) is 4.31. The highest BCUT2D eigenvalue weighted by atomic mass is 32.1. The lowest BCUT2D eigenvalue weighted by atomic mass is 9.96. The van der Waals surface area contributed by atoms with E-state index in [9.17, 15) is 9.59 Å². The van der Waals surface area contributed by atoms with E-state index in [0.717, 1.165) is 43.6 Å². The van der Waals surface area contributed by atoms with Gasteiger partial charge in [-0.1, -0.05) is 12.1 Å². The highest BCUT2D eigenvalue weighted by Crippen LogP contribution is 2.26. The van der Waals surface area contributed by atoms with Gasteiger partial charge in [-0.05, 0) is 36.4 Å². The van der Waals surface area contributed by atoms with E-state index in [1.807, 2.05) is 11.0 Å². The van der Waals surface area contributed by atoms with Gasteiger partial charge < -0.3 is 9.88 Å². The lowest BCUT2D eigenvalue weighted by Gasteiger charge is -2.33. The van der Waals surface area contributed by atoms with Gasteiger partial charge in [0, 0.05) is 56.1 Å². The molecule has 1 saturated heterocycles. The first kappa shape index (κ1) is 20.1. The van der Waals surface area contributed by atoms with Gasteiger partial charge in [0.2, 0.25) is 0 Å². The number of aromatic amines is 1. The van der Waals surface area contributed by atoms with Gasteiger partial charge in [0.1, 0.15) is 11.5 Å². The quantitative estimate of drug-likeness (QED) is 0.682. The topological polar surface area (TPSA) is 82.2 Å². The number of H-pyrrole nitrogens is 1. The van der Waals surface area contributed by atoms with Gasteiger partial charge in [0.05, 0.1) is 11.3 Å². The van der Waals surface area contributed by atoms with Crippen LogP contribution in [-0.2, 0) is 19.5 Å². The maximum atomic E-state index is 12.9. The van der Waals surface area contributed by atoms with Crippen molar-refractivity contribution in [3.63, 3.8) is 0 Å². The van der Waals surface area contributed by atoms with Crippen molar-refractivity contribution >= 4 is 17.2 Å². The zero-order valence-corrected chi connectivity index (χ0v) is 18.1. The molecule has 2 aliphatic rings. The average molecular weight is 436 g/mol. The molecule has 0 aliphatic carbocycles. The van der Waals surface area contributed by atoms with Crippen LogP contribution in [0.15, 0.2) is 46.7 Å². The molecule has 5 rings (SSSR count). The van der Waals surface area contributed by atoms with Crippen LogP contribution in [-0.4, -0.2) is 50.3 Å². The van der Waals surface area contributed by atoms with E-state index in [4.69, 9.17) is 4.98 Å². The van der Waals surface area contributed by atoms with Gasteiger partial charge >= 0.3 is 0 Å². The lowest BCUT2D eigenvalue weighted by Crippen LogP contribution is -2.41. The number of hydrogen-bond acceptors (Lipinski definition) is 6. The molecule has 3 aromatic heterocycles. The highest BCUT2D eigenvalue weighted by molar-refractivity contribution is 7.09. The molecule has 3 aromatic rings. The summed E-state index contributed by atoms with van der Waals surface area (Å²) in [5.74, 6) is 0.701. The molecule has 1 unspecified atom stereocenters. The maximum Gasteiger partial charge on any atom is 0.272 e. The Kier molecular flexibility index (Phi) is 5.65. The van der Waals surface area contributed by atoms with Gasteiger partial charge in [-0.3, -0.25) is 19.5 Å². The number of fused-ring (bicyclic) bond motifs is 1. The molecule has 1 atom stereocenters. The minimum absolute atomic E-state index is 0.0379. The summed E-state index contributed by atoms with van der Waals surface area (Å²) in [6.45, 7) is 3.66. The van der Waals surface area contributed by atoms with Crippen molar-refractivity contribution < 1.29 is 4.79 Å². The predicted octanol–water partition coefficient (Wildman–Crippen LogP) is 2.80. The molecule has 1 N–H and O–H groups in total. The smallest absolute Gasteiger partial charge is 0.272 e. The van der Waals surface area contributed by atoms with Gasteiger partial charge in [0.15, 0.2) is 0 Å². The van der Waals surface area contributed by atoms with Gasteiger partial charge in [-0.25, -0.2) is 4.98 Å². The Bertz CT molecular complexity index is 1110. The Balaban J connectivity index is 1.32. The van der Waals surface area contributed by atoms with E-state index in [0.29, 0.717) is 31.2 Å². The molecule has 7 nitrogen and oxygen atoms in total. The molecule has 8 heteroatoms. The van der Waals surface area contributed by atoms with Crippen LogP contribution in [0.2, 0.25) is 0 Å². The summed E-state index contributed by atoms with van der Waals surface area (Å²) in [6.07, 6.45) is 4.22. The Hall–Kier alpha value is -2.84. The summed E-state index contributed by atoms with van der Waals surface area (Å²) in [7, 11) is 0. The summed E-state index contributed by atoms with van der Waals surface area (Å²) in [6, 6.07) is 9.56. The summed E-state index contributed by atoms with van der Waals surface area (Å²) in [5, 5.41) is 2.08. The SMILES string of the molecule is O=C(c1ccccn1)N1CCCC(c2nc3c(c(=O)[nH]2)CN(Cc2cccs2)CC3)C1. The van der Waals surface area contributed by atoms with Gasteiger partial charge in [-0.15, -0.1) is 11.3 Å². The summed E-state index contributed by atoms with van der Waals surface area (Å²) in [4.78, 5) is 43.2. The van der Waals surface area contributed by atoms with Crippen LogP contribution in [0.4, 0.5) is 0 Å². The van der Waals surface area contributed by atoms with E-state index in [-0.39, 0.29) is 17.4 Å². The second-order valence-electron chi connectivity index (χ2n) is 8.22. The Morgan fingerprint density at radius 2 is 2.16 bits per heavy atom. The fourth-order valence-electron chi connectivity index (χ4n) is 4.49. The zero-order chi connectivity index (χ0) is 21.2. The number of rotatable bonds is 4. The molecular weight excluding hydrogens is 410 g/mol. The van der Waals surface area contributed by atoms with Crippen LogP contribution in [0.25, 0.3) is 0 Å². The van der Waals surface area contributed by atoms with E-state index in [1.165, 1.54) is 4.88 Å². The predicted molar refractivity (Wildman–Crippen MR) is 119 cm³/mol. The Morgan fingerprint density at radius 1 is 1.23 bits per heavy atom. The maximum absolute atomic E-state index is 12.9. The zero-order valence-electron chi connectivity index (χ0n) is 17.3. The van der Waals surface area contributed by atoms with Crippen LogP contribution in [0.5, 0.6) is 0 Å². The number of pyridine rings is 1. The van der Waals surface area contributed by atoms with Crippen LogP contribution in [0, 0.1) is 0 Å². The molecule has 0 spiro atoms. The second-order valence-corrected chi connectivity index (χ2v) is 9.25. The average Bonchev–Trinajstić information content (AvgIpc) is 3.32.